The zero-order chi connectivity index (χ0) is 42.7. The second kappa shape index (κ2) is 29.9. The summed E-state index contributed by atoms with van der Waals surface area (Å²) < 4.78 is 0.245. The number of carbonyl (C=O) groups is 4. The quantitative estimate of drug-likeness (QED) is 0.0369. The maximum absolute atomic E-state index is 14.1. The number of carboxylic acid groups (broad SMARTS) is 2. The summed E-state index contributed by atoms with van der Waals surface area (Å²) in [4.78, 5) is 53.6. The van der Waals surface area contributed by atoms with Gasteiger partial charge in [0.25, 0.3) is 0 Å². The normalized spacial score (nSPS) is 15.5. The number of quaternary nitrogens is 2. The number of carbonyl (C=O) groups excluding carboxylic acids is 2. The highest BCUT2D eigenvalue weighted by molar-refractivity contribution is 5.87. The molecule has 0 aliphatic heterocycles. The molecule has 0 radical (unpaired) electrons. The molecule has 330 valence electrons. The zero-order valence-corrected chi connectivity index (χ0v) is 38.4. The Labute approximate surface area is 344 Å². The van der Waals surface area contributed by atoms with Crippen LogP contribution in [-0.2, 0) is 19.2 Å². The zero-order valence-electron chi connectivity index (χ0n) is 38.4. The van der Waals surface area contributed by atoms with Crippen LogP contribution in [0.25, 0.3) is 0 Å². The van der Waals surface area contributed by atoms with Gasteiger partial charge < -0.3 is 29.8 Å². The standard InChI is InChI=1S/C46H90N4O6/c1-12-15-16-17-18-25-28-31-34-37(41(45(53)54)49(6,7)8)43(51)47-39(13-2)40(14-3)48-44(52)38(42(46(55)56)50(9,10)11)35-32-29-26-23-21-19-20-22-24-27-30-33-36(4)5/h36-42H,12-35H2,1-11H3,(H2-2,47,48,51,52,53,54,55,56)/p+2. The van der Waals surface area contributed by atoms with Gasteiger partial charge in [0.1, 0.15) is 11.8 Å². The monoisotopic (exact) mass is 797 g/mol. The first-order chi connectivity index (χ1) is 26.3. The first-order valence-corrected chi connectivity index (χ1v) is 23.0. The fourth-order valence-electron chi connectivity index (χ4n) is 8.51. The minimum absolute atomic E-state index is 0.122. The van der Waals surface area contributed by atoms with Crippen molar-refractivity contribution in [3.8, 4) is 0 Å². The number of amides is 2. The van der Waals surface area contributed by atoms with Crippen LogP contribution in [0, 0.1) is 17.8 Å². The third kappa shape index (κ3) is 23.3. The van der Waals surface area contributed by atoms with Crippen molar-refractivity contribution in [3.05, 3.63) is 0 Å². The molecule has 0 fully saturated rings. The van der Waals surface area contributed by atoms with E-state index in [-0.39, 0.29) is 20.8 Å². The molecule has 0 rings (SSSR count). The molecule has 0 aromatic heterocycles. The molecule has 0 saturated carbocycles. The van der Waals surface area contributed by atoms with Gasteiger partial charge in [0.2, 0.25) is 11.8 Å². The summed E-state index contributed by atoms with van der Waals surface area (Å²) in [5.74, 6) is -3.21. The molecule has 0 heterocycles. The molecule has 10 heteroatoms. The molecular weight excluding hydrogens is 705 g/mol. The fourth-order valence-corrected chi connectivity index (χ4v) is 8.51. The average molecular weight is 797 g/mol. The third-order valence-corrected chi connectivity index (χ3v) is 11.8. The number of rotatable bonds is 36. The van der Waals surface area contributed by atoms with E-state index in [1.54, 1.807) is 0 Å². The number of carboxylic acids is 2. The van der Waals surface area contributed by atoms with E-state index in [0.29, 0.717) is 25.7 Å². The van der Waals surface area contributed by atoms with Crippen molar-refractivity contribution in [1.82, 2.24) is 10.6 Å². The summed E-state index contributed by atoms with van der Waals surface area (Å²) in [6, 6.07) is -2.68. The number of aliphatic carboxylic acids is 2. The van der Waals surface area contributed by atoms with Crippen LogP contribution in [0.15, 0.2) is 0 Å². The summed E-state index contributed by atoms with van der Waals surface area (Å²) in [5, 5.41) is 27.1. The molecule has 0 spiro atoms. The van der Waals surface area contributed by atoms with Crippen LogP contribution in [0.2, 0.25) is 0 Å². The highest BCUT2D eigenvalue weighted by Gasteiger charge is 2.45. The van der Waals surface area contributed by atoms with Crippen molar-refractivity contribution in [1.29, 1.82) is 0 Å². The number of hydrogen-bond acceptors (Lipinski definition) is 4. The van der Waals surface area contributed by atoms with E-state index in [1.165, 1.54) is 77.0 Å². The summed E-state index contributed by atoms with van der Waals surface area (Å²) in [7, 11) is 11.0. The Kier molecular flexibility index (Phi) is 28.8. The predicted octanol–water partition coefficient (Wildman–Crippen LogP) is 9.59. The Bertz CT molecular complexity index is 1070. The summed E-state index contributed by atoms with van der Waals surface area (Å²) in [6.07, 6.45) is 25.3. The average Bonchev–Trinajstić information content (AvgIpc) is 3.09. The predicted molar refractivity (Wildman–Crippen MR) is 232 cm³/mol. The van der Waals surface area contributed by atoms with Crippen molar-refractivity contribution in [2.24, 2.45) is 17.8 Å². The van der Waals surface area contributed by atoms with Crippen LogP contribution in [0.4, 0.5) is 0 Å². The van der Waals surface area contributed by atoms with Crippen LogP contribution in [0.5, 0.6) is 0 Å². The molecule has 0 bridgehead atoms. The molecule has 6 unspecified atom stereocenters. The molecule has 2 amide bonds. The van der Waals surface area contributed by atoms with E-state index in [9.17, 15) is 29.4 Å². The van der Waals surface area contributed by atoms with Gasteiger partial charge in [-0.3, -0.25) is 9.59 Å². The second-order valence-corrected chi connectivity index (χ2v) is 19.2. The van der Waals surface area contributed by atoms with Crippen molar-refractivity contribution in [2.75, 3.05) is 42.3 Å². The first-order valence-electron chi connectivity index (χ1n) is 23.0. The molecule has 0 aliphatic carbocycles. The lowest BCUT2D eigenvalue weighted by atomic mass is 9.88. The topological polar surface area (TPSA) is 133 Å². The van der Waals surface area contributed by atoms with E-state index in [0.717, 1.165) is 57.3 Å². The van der Waals surface area contributed by atoms with E-state index in [1.807, 2.05) is 56.1 Å². The number of nitrogens with zero attached hydrogens (tertiary/aromatic N) is 2. The van der Waals surface area contributed by atoms with E-state index in [2.05, 4.69) is 31.4 Å². The molecule has 56 heavy (non-hydrogen) atoms. The largest absolute Gasteiger partial charge is 0.477 e. The number of hydrogen-bond donors (Lipinski definition) is 4. The lowest BCUT2D eigenvalue weighted by molar-refractivity contribution is -0.890. The molecule has 0 aliphatic rings. The van der Waals surface area contributed by atoms with Crippen molar-refractivity contribution in [3.63, 3.8) is 0 Å². The van der Waals surface area contributed by atoms with E-state index in [4.69, 9.17) is 0 Å². The van der Waals surface area contributed by atoms with Gasteiger partial charge in [-0.1, -0.05) is 163 Å². The maximum Gasteiger partial charge on any atom is 0.363 e. The van der Waals surface area contributed by atoms with Crippen LogP contribution < -0.4 is 10.6 Å². The Morgan fingerprint density at radius 1 is 0.446 bits per heavy atom. The van der Waals surface area contributed by atoms with Gasteiger partial charge in [0.15, 0.2) is 12.1 Å². The molecule has 0 saturated heterocycles. The van der Waals surface area contributed by atoms with E-state index < -0.39 is 47.9 Å². The van der Waals surface area contributed by atoms with Gasteiger partial charge in [0, 0.05) is 12.1 Å². The summed E-state index contributed by atoms with van der Waals surface area (Å²) in [6.45, 7) is 10.7. The number of unbranched alkanes of at least 4 members (excludes halogenated alkanes) is 17. The molecular formula is C46H92N4O6+2. The summed E-state index contributed by atoms with van der Waals surface area (Å²) in [5.41, 5.74) is 0. The van der Waals surface area contributed by atoms with Gasteiger partial charge in [-0.15, -0.1) is 0 Å². The molecule has 0 aromatic rings. The minimum Gasteiger partial charge on any atom is -0.477 e. The second-order valence-electron chi connectivity index (χ2n) is 19.2. The van der Waals surface area contributed by atoms with Gasteiger partial charge in [-0.05, 0) is 31.6 Å². The Balaban J connectivity index is 5.62. The molecule has 0 aromatic carbocycles. The maximum atomic E-state index is 14.1. The lowest BCUT2D eigenvalue weighted by Gasteiger charge is -2.38. The van der Waals surface area contributed by atoms with Crippen LogP contribution in [0.1, 0.15) is 189 Å². The first kappa shape index (κ1) is 53.8. The number of likely N-dealkylation sites (N-methyl/N-ethyl adjacent to an activating group) is 2. The smallest absolute Gasteiger partial charge is 0.363 e. The highest BCUT2D eigenvalue weighted by Crippen LogP contribution is 2.26. The highest BCUT2D eigenvalue weighted by atomic mass is 16.4. The fraction of sp³-hybridized carbons (Fsp3) is 0.913. The van der Waals surface area contributed by atoms with Crippen LogP contribution in [0.3, 0.4) is 0 Å². The summed E-state index contributed by atoms with van der Waals surface area (Å²) >= 11 is 0. The van der Waals surface area contributed by atoms with Gasteiger partial charge in [-0.25, -0.2) is 9.59 Å². The molecule has 4 N–H and O–H groups in total. The van der Waals surface area contributed by atoms with Crippen molar-refractivity contribution in [2.45, 2.75) is 213 Å². The Morgan fingerprint density at radius 2 is 0.714 bits per heavy atom. The van der Waals surface area contributed by atoms with Crippen LogP contribution in [-0.4, -0.2) is 109 Å². The Hall–Kier alpha value is -2.20. The Morgan fingerprint density at radius 3 is 0.946 bits per heavy atom. The van der Waals surface area contributed by atoms with Crippen molar-refractivity contribution >= 4 is 23.8 Å². The van der Waals surface area contributed by atoms with Crippen molar-refractivity contribution < 1.29 is 38.4 Å². The molecule has 10 nitrogen and oxygen atoms in total. The molecule has 6 atom stereocenters. The minimum atomic E-state index is -0.989. The number of nitrogens with one attached hydrogen (secondary N) is 2. The van der Waals surface area contributed by atoms with Gasteiger partial charge in [0.05, 0.1) is 42.3 Å². The van der Waals surface area contributed by atoms with E-state index >= 15 is 0 Å². The third-order valence-electron chi connectivity index (χ3n) is 11.8. The lowest BCUT2D eigenvalue weighted by Crippen LogP contribution is -2.61. The van der Waals surface area contributed by atoms with Gasteiger partial charge >= 0.3 is 11.9 Å². The van der Waals surface area contributed by atoms with Crippen LogP contribution >= 0.6 is 0 Å². The SMILES string of the molecule is CCCCCCCCCCC(C(=O)NC(CC)C(CC)NC(=O)C(CCCCCCCCCCCCCC(C)C)C(C(=O)O)[N+](C)(C)C)C(C(=O)O)[N+](C)(C)C. The van der Waals surface area contributed by atoms with Gasteiger partial charge in [-0.2, -0.15) is 0 Å².